The van der Waals surface area contributed by atoms with Crippen LogP contribution < -0.4 is 5.32 Å². The number of hydrogen-bond donors (Lipinski definition) is 1. The minimum Gasteiger partial charge on any atom is -0.362 e. The maximum atomic E-state index is 13.7. The van der Waals surface area contributed by atoms with Crippen LogP contribution in [0, 0.1) is 5.82 Å². The molecular formula is C18H17ClF4N4O. The molecule has 10 heteroatoms. The third-order valence-electron chi connectivity index (χ3n) is 5.16. The van der Waals surface area contributed by atoms with Crippen molar-refractivity contribution in [3.8, 4) is 0 Å². The molecule has 2 atom stereocenters. The van der Waals surface area contributed by atoms with Crippen LogP contribution in [0.1, 0.15) is 47.4 Å². The molecule has 1 amide bonds. The van der Waals surface area contributed by atoms with Crippen LogP contribution in [-0.4, -0.2) is 39.9 Å². The van der Waals surface area contributed by atoms with Gasteiger partial charge in [-0.3, -0.25) is 4.79 Å². The second-order valence-electron chi connectivity index (χ2n) is 7.00. The first-order valence-corrected chi connectivity index (χ1v) is 9.29. The van der Waals surface area contributed by atoms with Crippen molar-refractivity contribution < 1.29 is 22.4 Å². The highest BCUT2D eigenvalue weighted by Crippen LogP contribution is 2.46. The van der Waals surface area contributed by atoms with Gasteiger partial charge in [-0.05, 0) is 30.5 Å². The number of hydrogen-bond acceptors (Lipinski definition) is 3. The maximum absolute atomic E-state index is 13.7. The lowest BCUT2D eigenvalue weighted by molar-refractivity contribution is -0.173. The van der Waals surface area contributed by atoms with Gasteiger partial charge in [0.15, 0.2) is 11.7 Å². The summed E-state index contributed by atoms with van der Waals surface area (Å²) in [5.41, 5.74) is 0.312. The van der Waals surface area contributed by atoms with Crippen molar-refractivity contribution in [1.29, 1.82) is 0 Å². The summed E-state index contributed by atoms with van der Waals surface area (Å²) >= 11 is 6.29. The Labute approximate surface area is 163 Å². The summed E-state index contributed by atoms with van der Waals surface area (Å²) in [6.45, 7) is 1.07. The molecule has 0 saturated carbocycles. The van der Waals surface area contributed by atoms with Gasteiger partial charge < -0.3 is 10.2 Å². The molecule has 1 aromatic heterocycles. The number of halogens is 5. The largest absolute Gasteiger partial charge is 0.410 e. The molecule has 2 aromatic rings. The first-order valence-electron chi connectivity index (χ1n) is 8.91. The summed E-state index contributed by atoms with van der Waals surface area (Å²) in [7, 11) is 0. The molecule has 0 aliphatic carbocycles. The van der Waals surface area contributed by atoms with Gasteiger partial charge in [0.1, 0.15) is 16.7 Å². The SMILES string of the molecule is O=C(c1nn2c(c1Cl)N[C@@H](c1ccc(F)cc1)C[C@H]2C(F)(F)F)N1CCCC1. The quantitative estimate of drug-likeness (QED) is 0.729. The predicted octanol–water partition coefficient (Wildman–Crippen LogP) is 4.57. The van der Waals surface area contributed by atoms with E-state index in [0.717, 1.165) is 17.5 Å². The monoisotopic (exact) mass is 416 g/mol. The molecular weight excluding hydrogens is 400 g/mol. The first-order chi connectivity index (χ1) is 13.3. The topological polar surface area (TPSA) is 50.2 Å². The van der Waals surface area contributed by atoms with Gasteiger partial charge in [-0.15, -0.1) is 0 Å². The van der Waals surface area contributed by atoms with Gasteiger partial charge in [-0.1, -0.05) is 23.7 Å². The van der Waals surface area contributed by atoms with Gasteiger partial charge in [-0.2, -0.15) is 18.3 Å². The minimum atomic E-state index is -4.58. The Hall–Kier alpha value is -2.29. The van der Waals surface area contributed by atoms with Crippen molar-refractivity contribution in [2.45, 2.75) is 37.5 Å². The lowest BCUT2D eigenvalue weighted by Crippen LogP contribution is -2.36. The summed E-state index contributed by atoms with van der Waals surface area (Å²) in [6.07, 6.45) is -3.25. The molecule has 1 N–H and O–H groups in total. The fourth-order valence-corrected chi connectivity index (χ4v) is 3.97. The van der Waals surface area contributed by atoms with Gasteiger partial charge in [0, 0.05) is 19.5 Å². The van der Waals surface area contributed by atoms with Crippen molar-refractivity contribution in [1.82, 2.24) is 14.7 Å². The van der Waals surface area contributed by atoms with Crippen LogP contribution in [-0.2, 0) is 0 Å². The number of benzene rings is 1. The molecule has 1 saturated heterocycles. The molecule has 1 fully saturated rings. The molecule has 2 aliphatic rings. The van der Waals surface area contributed by atoms with E-state index in [9.17, 15) is 22.4 Å². The molecule has 150 valence electrons. The number of carbonyl (C=O) groups is 1. The zero-order valence-electron chi connectivity index (χ0n) is 14.6. The molecule has 5 nitrogen and oxygen atoms in total. The first kappa shape index (κ1) is 19.0. The Kier molecular flexibility index (Phi) is 4.73. The molecule has 0 bridgehead atoms. The second-order valence-corrected chi connectivity index (χ2v) is 7.37. The van der Waals surface area contributed by atoms with E-state index in [1.54, 1.807) is 4.90 Å². The predicted molar refractivity (Wildman–Crippen MR) is 94.8 cm³/mol. The minimum absolute atomic E-state index is 0.0490. The van der Waals surface area contributed by atoms with Gasteiger partial charge in [0.25, 0.3) is 5.91 Å². The maximum Gasteiger partial charge on any atom is 0.410 e. The average Bonchev–Trinajstić information content (AvgIpc) is 3.29. The van der Waals surface area contributed by atoms with E-state index in [2.05, 4.69) is 10.4 Å². The highest BCUT2D eigenvalue weighted by molar-refractivity contribution is 6.36. The number of fused-ring (bicyclic) bond motifs is 1. The fourth-order valence-electron chi connectivity index (χ4n) is 3.71. The number of amides is 1. The third-order valence-corrected chi connectivity index (χ3v) is 5.52. The summed E-state index contributed by atoms with van der Waals surface area (Å²) < 4.78 is 55.1. The van der Waals surface area contributed by atoms with E-state index in [1.165, 1.54) is 24.3 Å². The number of alkyl halides is 3. The number of carbonyl (C=O) groups excluding carboxylic acids is 1. The third kappa shape index (κ3) is 3.32. The Morgan fingerprint density at radius 3 is 2.43 bits per heavy atom. The molecule has 0 spiro atoms. The van der Waals surface area contributed by atoms with Crippen LogP contribution in [0.2, 0.25) is 5.02 Å². The van der Waals surface area contributed by atoms with Gasteiger partial charge >= 0.3 is 6.18 Å². The van der Waals surface area contributed by atoms with Crippen molar-refractivity contribution in [2.75, 3.05) is 18.4 Å². The van der Waals surface area contributed by atoms with Crippen molar-refractivity contribution >= 4 is 23.3 Å². The standard InChI is InChI=1S/C18H17ClF4N4O/c19-14-15(17(28)26-7-1-2-8-26)25-27-13(18(21,22)23)9-12(24-16(14)27)10-3-5-11(20)6-4-10/h3-6,12-13,24H,1-2,7-9H2/t12-,13+/m1/s1. The van der Waals surface area contributed by atoms with Crippen LogP contribution in [0.4, 0.5) is 23.4 Å². The second kappa shape index (κ2) is 6.95. The molecule has 28 heavy (non-hydrogen) atoms. The molecule has 3 heterocycles. The van der Waals surface area contributed by atoms with E-state index in [-0.39, 0.29) is 23.0 Å². The van der Waals surface area contributed by atoms with E-state index in [4.69, 9.17) is 11.6 Å². The fraction of sp³-hybridized carbons (Fsp3) is 0.444. The van der Waals surface area contributed by atoms with E-state index < -0.39 is 30.0 Å². The highest BCUT2D eigenvalue weighted by Gasteiger charge is 2.48. The number of likely N-dealkylation sites (tertiary alicyclic amines) is 1. The summed E-state index contributed by atoms with van der Waals surface area (Å²) in [5, 5.41) is 6.75. The Morgan fingerprint density at radius 2 is 1.82 bits per heavy atom. The van der Waals surface area contributed by atoms with Crippen molar-refractivity contribution in [3.05, 3.63) is 46.4 Å². The number of aromatic nitrogens is 2. The van der Waals surface area contributed by atoms with Gasteiger partial charge in [-0.25, -0.2) is 9.07 Å². The molecule has 1 aromatic carbocycles. The normalized spacial score (nSPS) is 22.1. The van der Waals surface area contributed by atoms with Gasteiger partial charge in [0.05, 0.1) is 6.04 Å². The zero-order valence-corrected chi connectivity index (χ0v) is 15.4. The number of nitrogens with one attached hydrogen (secondary N) is 1. The Morgan fingerprint density at radius 1 is 1.18 bits per heavy atom. The van der Waals surface area contributed by atoms with E-state index in [1.807, 2.05) is 0 Å². The van der Waals surface area contributed by atoms with Crippen molar-refractivity contribution in [3.63, 3.8) is 0 Å². The van der Waals surface area contributed by atoms with Crippen LogP contribution >= 0.6 is 11.6 Å². The summed E-state index contributed by atoms with van der Waals surface area (Å²) in [4.78, 5) is 14.2. The number of anilines is 1. The van der Waals surface area contributed by atoms with Crippen molar-refractivity contribution in [2.24, 2.45) is 0 Å². The lowest BCUT2D eigenvalue weighted by Gasteiger charge is -2.33. The highest BCUT2D eigenvalue weighted by atomic mass is 35.5. The molecule has 0 unspecified atom stereocenters. The molecule has 2 aliphatic heterocycles. The van der Waals surface area contributed by atoms with Crippen LogP contribution in [0.3, 0.4) is 0 Å². The zero-order chi connectivity index (χ0) is 20.1. The average molecular weight is 417 g/mol. The Balaban J connectivity index is 1.73. The molecule has 0 radical (unpaired) electrons. The van der Waals surface area contributed by atoms with E-state index in [0.29, 0.717) is 18.7 Å². The summed E-state index contributed by atoms with van der Waals surface area (Å²) in [5.74, 6) is -0.994. The van der Waals surface area contributed by atoms with Gasteiger partial charge in [0.2, 0.25) is 0 Å². The Bertz CT molecular complexity index is 890. The smallest absolute Gasteiger partial charge is 0.362 e. The molecule has 4 rings (SSSR count). The lowest BCUT2D eigenvalue weighted by atomic mass is 9.97. The van der Waals surface area contributed by atoms with Crippen LogP contribution in [0.5, 0.6) is 0 Å². The van der Waals surface area contributed by atoms with Crippen LogP contribution in [0.25, 0.3) is 0 Å². The van der Waals surface area contributed by atoms with E-state index >= 15 is 0 Å². The van der Waals surface area contributed by atoms with Crippen LogP contribution in [0.15, 0.2) is 24.3 Å². The number of nitrogens with zero attached hydrogens (tertiary/aromatic N) is 3. The number of rotatable bonds is 2. The summed E-state index contributed by atoms with van der Waals surface area (Å²) in [6, 6.07) is 2.54.